The number of ether oxygens (including phenoxy) is 1. The Morgan fingerprint density at radius 1 is 1.00 bits per heavy atom. The molecule has 0 aliphatic carbocycles. The molecule has 3 rings (SSSR count). The van der Waals surface area contributed by atoms with Gasteiger partial charge in [-0.25, -0.2) is 0 Å². The lowest BCUT2D eigenvalue weighted by Gasteiger charge is -2.48. The minimum atomic E-state index is -0.728. The largest absolute Gasteiger partial charge is 0.507 e. The van der Waals surface area contributed by atoms with Crippen LogP contribution in [0.2, 0.25) is 0 Å². The van der Waals surface area contributed by atoms with Gasteiger partial charge in [0.05, 0.1) is 10.0 Å². The molecule has 1 heterocycles. The molecule has 0 radical (unpaired) electrons. The molecule has 0 aromatic heterocycles. The first-order valence-electron chi connectivity index (χ1n) is 7.94. The van der Waals surface area contributed by atoms with Crippen molar-refractivity contribution in [3.05, 3.63) is 56.5 Å². The van der Waals surface area contributed by atoms with Gasteiger partial charge in [0.2, 0.25) is 5.85 Å². The van der Waals surface area contributed by atoms with Gasteiger partial charge in [0, 0.05) is 16.5 Å². The third kappa shape index (κ3) is 3.08. The summed E-state index contributed by atoms with van der Waals surface area (Å²) >= 11 is 7.00. The average molecular weight is 471 g/mol. The third-order valence-corrected chi connectivity index (χ3v) is 6.00. The average Bonchev–Trinajstić information content (AvgIpc) is 2.63. The molecule has 7 heteroatoms. The lowest BCUT2D eigenvalue weighted by Crippen LogP contribution is -2.66. The van der Waals surface area contributed by atoms with Gasteiger partial charge in [0.1, 0.15) is 11.5 Å². The van der Waals surface area contributed by atoms with E-state index in [-0.39, 0.29) is 5.75 Å². The number of hydrogen-bond acceptors (Lipinski definition) is 5. The Bertz CT molecular complexity index is 796. The summed E-state index contributed by atoms with van der Waals surface area (Å²) in [5.74, 6) is 0.274. The number of fused-ring (bicyclic) bond motifs is 1. The summed E-state index contributed by atoms with van der Waals surface area (Å²) in [4.78, 5) is 0. The van der Waals surface area contributed by atoms with E-state index in [0.29, 0.717) is 10.9 Å². The Hall–Kier alpha value is -1.12. The van der Waals surface area contributed by atoms with E-state index in [2.05, 4.69) is 53.9 Å². The van der Waals surface area contributed by atoms with Gasteiger partial charge < -0.3 is 15.2 Å². The molecule has 0 bridgehead atoms. The number of halogens is 2. The van der Waals surface area contributed by atoms with E-state index >= 15 is 0 Å². The number of benzene rings is 2. The number of hydrogen-bond donors (Lipinski definition) is 4. The van der Waals surface area contributed by atoms with Gasteiger partial charge in [-0.15, -0.1) is 0 Å². The van der Waals surface area contributed by atoms with Crippen LogP contribution in [0.3, 0.4) is 0 Å². The topological polar surface area (TPSA) is 65.5 Å². The maximum Gasteiger partial charge on any atom is 0.219 e. The SMILES string of the molecule is CNC1(NC)CC(NC)(c2ccc(O)c(Br)c2)c2cc(Br)ccc2O1. The van der Waals surface area contributed by atoms with E-state index in [0.717, 1.165) is 21.3 Å². The smallest absolute Gasteiger partial charge is 0.219 e. The van der Waals surface area contributed by atoms with Gasteiger partial charge in [-0.05, 0) is 73.0 Å². The van der Waals surface area contributed by atoms with Crippen LogP contribution in [-0.2, 0) is 5.54 Å². The molecule has 2 aromatic rings. The van der Waals surface area contributed by atoms with Gasteiger partial charge in [-0.3, -0.25) is 10.6 Å². The second-order valence-corrected chi connectivity index (χ2v) is 7.84. The Morgan fingerprint density at radius 2 is 1.72 bits per heavy atom. The van der Waals surface area contributed by atoms with Gasteiger partial charge >= 0.3 is 0 Å². The van der Waals surface area contributed by atoms with Crippen molar-refractivity contribution in [2.75, 3.05) is 21.1 Å². The predicted molar refractivity (Wildman–Crippen MR) is 106 cm³/mol. The molecule has 2 aromatic carbocycles. The van der Waals surface area contributed by atoms with E-state index in [1.165, 1.54) is 0 Å². The molecular weight excluding hydrogens is 450 g/mol. The van der Waals surface area contributed by atoms with Crippen LogP contribution in [0.1, 0.15) is 17.5 Å². The second-order valence-electron chi connectivity index (χ2n) is 6.07. The van der Waals surface area contributed by atoms with Crippen molar-refractivity contribution in [1.29, 1.82) is 0 Å². The lowest BCUT2D eigenvalue weighted by atomic mass is 9.76. The zero-order valence-electron chi connectivity index (χ0n) is 14.3. The molecule has 1 unspecified atom stereocenters. The van der Waals surface area contributed by atoms with Crippen LogP contribution < -0.4 is 20.7 Å². The number of phenolic OH excluding ortho intramolecular Hbond substituents is 1. The fourth-order valence-electron chi connectivity index (χ4n) is 3.42. The first-order chi connectivity index (χ1) is 11.9. The first-order valence-corrected chi connectivity index (χ1v) is 9.53. The highest BCUT2D eigenvalue weighted by Gasteiger charge is 2.49. The summed E-state index contributed by atoms with van der Waals surface area (Å²) in [5, 5.41) is 19.9. The van der Waals surface area contributed by atoms with Crippen molar-refractivity contribution in [1.82, 2.24) is 16.0 Å². The van der Waals surface area contributed by atoms with Crippen molar-refractivity contribution < 1.29 is 9.84 Å². The van der Waals surface area contributed by atoms with Crippen LogP contribution in [0, 0.1) is 0 Å². The summed E-state index contributed by atoms with van der Waals surface area (Å²) in [7, 11) is 5.67. The van der Waals surface area contributed by atoms with E-state index in [9.17, 15) is 5.11 Å². The van der Waals surface area contributed by atoms with Crippen molar-refractivity contribution in [2.45, 2.75) is 17.8 Å². The number of nitrogens with one attached hydrogen (secondary N) is 3. The predicted octanol–water partition coefficient (Wildman–Crippen LogP) is 3.26. The van der Waals surface area contributed by atoms with Crippen molar-refractivity contribution in [2.24, 2.45) is 0 Å². The molecule has 4 N–H and O–H groups in total. The van der Waals surface area contributed by atoms with Crippen LogP contribution in [0.15, 0.2) is 45.3 Å². The fraction of sp³-hybridized carbons (Fsp3) is 0.333. The molecule has 0 amide bonds. The molecule has 1 aliphatic rings. The Labute approximate surface area is 164 Å². The van der Waals surface area contributed by atoms with Gasteiger partial charge in [0.25, 0.3) is 0 Å². The minimum Gasteiger partial charge on any atom is -0.507 e. The fourth-order valence-corrected chi connectivity index (χ4v) is 4.16. The molecule has 0 saturated heterocycles. The van der Waals surface area contributed by atoms with E-state index in [1.807, 2.05) is 45.4 Å². The molecule has 0 spiro atoms. The van der Waals surface area contributed by atoms with Crippen molar-refractivity contribution in [3.63, 3.8) is 0 Å². The number of aromatic hydroxyl groups is 1. The highest BCUT2D eigenvalue weighted by molar-refractivity contribution is 9.10. The summed E-state index contributed by atoms with van der Waals surface area (Å²) in [6, 6.07) is 11.6. The normalized spacial score (nSPS) is 21.5. The lowest BCUT2D eigenvalue weighted by molar-refractivity contribution is -0.0334. The van der Waals surface area contributed by atoms with Crippen LogP contribution in [0.4, 0.5) is 0 Å². The van der Waals surface area contributed by atoms with Gasteiger partial charge in [-0.2, -0.15) is 0 Å². The monoisotopic (exact) mass is 469 g/mol. The molecule has 1 aliphatic heterocycles. The molecule has 134 valence electrons. The number of rotatable bonds is 4. The van der Waals surface area contributed by atoms with Gasteiger partial charge in [-0.1, -0.05) is 22.0 Å². The van der Waals surface area contributed by atoms with Crippen LogP contribution in [0.5, 0.6) is 11.5 Å². The van der Waals surface area contributed by atoms with E-state index in [4.69, 9.17) is 4.74 Å². The standard InChI is InChI=1S/C18H21Br2N3O2/c1-21-17(11-4-6-15(24)14(20)8-11)10-18(22-2,23-3)25-16-7-5-12(19)9-13(16)17/h4-9,21-24H,10H2,1-3H3. The zero-order chi connectivity index (χ0) is 18.2. The third-order valence-electron chi connectivity index (χ3n) is 4.87. The first kappa shape index (κ1) is 18.7. The van der Waals surface area contributed by atoms with Crippen LogP contribution in [0.25, 0.3) is 0 Å². The summed E-state index contributed by atoms with van der Waals surface area (Å²) in [6.07, 6.45) is 0.601. The Balaban J connectivity index is 2.28. The van der Waals surface area contributed by atoms with Crippen LogP contribution >= 0.6 is 31.9 Å². The van der Waals surface area contributed by atoms with Gasteiger partial charge in [0.15, 0.2) is 0 Å². The molecule has 5 nitrogen and oxygen atoms in total. The van der Waals surface area contributed by atoms with E-state index in [1.54, 1.807) is 6.07 Å². The molecular formula is C18H21Br2N3O2. The highest BCUT2D eigenvalue weighted by Crippen LogP contribution is 2.47. The summed E-state index contributed by atoms with van der Waals surface area (Å²) in [6.45, 7) is 0. The van der Waals surface area contributed by atoms with Crippen LogP contribution in [-0.4, -0.2) is 32.1 Å². The minimum absolute atomic E-state index is 0.213. The van der Waals surface area contributed by atoms with Crippen molar-refractivity contribution in [3.8, 4) is 11.5 Å². The molecule has 1 atom stereocenters. The molecule has 25 heavy (non-hydrogen) atoms. The molecule has 0 saturated carbocycles. The maximum atomic E-state index is 9.91. The van der Waals surface area contributed by atoms with E-state index < -0.39 is 11.4 Å². The number of phenols is 1. The Morgan fingerprint density at radius 3 is 2.32 bits per heavy atom. The quantitative estimate of drug-likeness (QED) is 0.516. The summed E-state index contributed by atoms with van der Waals surface area (Å²) < 4.78 is 7.90. The molecule has 0 fully saturated rings. The van der Waals surface area contributed by atoms with Crippen molar-refractivity contribution >= 4 is 31.9 Å². The summed E-state index contributed by atoms with van der Waals surface area (Å²) in [5.41, 5.74) is 1.54. The Kier molecular flexibility index (Phi) is 5.14. The second kappa shape index (κ2) is 6.89. The zero-order valence-corrected chi connectivity index (χ0v) is 17.5. The highest BCUT2D eigenvalue weighted by atomic mass is 79.9. The maximum absolute atomic E-state index is 9.91.